The second-order valence-corrected chi connectivity index (χ2v) is 11.4. The number of rotatable bonds is 7. The molecule has 1 unspecified atom stereocenters. The molecule has 2 amide bonds. The number of nitrogens with zero attached hydrogens (tertiary/aromatic N) is 1. The molecule has 2 aromatic carbocycles. The number of carbonyl (C=O) groups is 2. The number of hydrogen-bond acceptors (Lipinski definition) is 5. The van der Waals surface area contributed by atoms with Gasteiger partial charge >= 0.3 is 0 Å². The molecule has 0 radical (unpaired) electrons. The zero-order chi connectivity index (χ0) is 26.0. The lowest BCUT2D eigenvalue weighted by Gasteiger charge is -2.54. The molecule has 2 aliphatic rings. The lowest BCUT2D eigenvalue weighted by Crippen LogP contribution is -2.63. The highest BCUT2D eigenvalue weighted by Gasteiger charge is 2.51. The lowest BCUT2D eigenvalue weighted by molar-refractivity contribution is -0.117. The standard InChI is InChI=1S/C28H29N3O5S/c1-2-26(32)29-22-15-18-31(28(19-22)16-6-17-28)37(34,35)23-11-9-21(10-12-23)30-27(33)25-14-13-24(36-25)20-7-4-3-5-8-20/h2-5,7-14,22H,1,6,15-19H2,(H,29,32)(H,30,33). The lowest BCUT2D eigenvalue weighted by atomic mass is 9.70. The maximum Gasteiger partial charge on any atom is 0.291 e. The van der Waals surface area contributed by atoms with Crippen molar-refractivity contribution in [3.8, 4) is 11.3 Å². The highest BCUT2D eigenvalue weighted by Crippen LogP contribution is 2.47. The Morgan fingerprint density at radius 2 is 1.76 bits per heavy atom. The summed E-state index contributed by atoms with van der Waals surface area (Å²) in [4.78, 5) is 24.6. The fourth-order valence-electron chi connectivity index (χ4n) is 5.22. The largest absolute Gasteiger partial charge is 0.451 e. The van der Waals surface area contributed by atoms with Crippen LogP contribution in [-0.4, -0.2) is 42.7 Å². The van der Waals surface area contributed by atoms with Gasteiger partial charge in [0.15, 0.2) is 5.76 Å². The first-order valence-electron chi connectivity index (χ1n) is 12.3. The summed E-state index contributed by atoms with van der Waals surface area (Å²) in [6.07, 6.45) is 4.88. The van der Waals surface area contributed by atoms with E-state index >= 15 is 0 Å². The molecule has 1 atom stereocenters. The highest BCUT2D eigenvalue weighted by atomic mass is 32.2. The fraction of sp³-hybridized carbons (Fsp3) is 0.286. The van der Waals surface area contributed by atoms with Crippen LogP contribution in [0.25, 0.3) is 11.3 Å². The smallest absolute Gasteiger partial charge is 0.291 e. The van der Waals surface area contributed by atoms with E-state index in [2.05, 4.69) is 17.2 Å². The Labute approximate surface area is 216 Å². The van der Waals surface area contributed by atoms with E-state index in [0.717, 1.165) is 24.8 Å². The third-order valence-electron chi connectivity index (χ3n) is 7.24. The van der Waals surface area contributed by atoms with Crippen LogP contribution in [0.3, 0.4) is 0 Å². The maximum absolute atomic E-state index is 13.6. The summed E-state index contributed by atoms with van der Waals surface area (Å²) >= 11 is 0. The fourth-order valence-corrected chi connectivity index (χ4v) is 7.06. The molecule has 8 nitrogen and oxygen atoms in total. The Balaban J connectivity index is 1.27. The Morgan fingerprint density at radius 1 is 1.03 bits per heavy atom. The molecule has 0 bridgehead atoms. The second kappa shape index (κ2) is 9.99. The number of anilines is 1. The number of nitrogens with one attached hydrogen (secondary N) is 2. The van der Waals surface area contributed by atoms with Crippen LogP contribution in [0.15, 0.2) is 88.7 Å². The zero-order valence-electron chi connectivity index (χ0n) is 20.4. The highest BCUT2D eigenvalue weighted by molar-refractivity contribution is 7.89. The van der Waals surface area contributed by atoms with Crippen molar-refractivity contribution < 1.29 is 22.4 Å². The van der Waals surface area contributed by atoms with E-state index in [-0.39, 0.29) is 22.6 Å². The summed E-state index contributed by atoms with van der Waals surface area (Å²) in [6.45, 7) is 3.83. The molecule has 2 N–H and O–H groups in total. The van der Waals surface area contributed by atoms with Gasteiger partial charge in [-0.05, 0) is 74.6 Å². The first-order chi connectivity index (χ1) is 17.8. The molecule has 1 spiro atoms. The van der Waals surface area contributed by atoms with E-state index in [1.807, 2.05) is 30.3 Å². The minimum atomic E-state index is -3.74. The molecular formula is C28H29N3O5S. The Kier molecular flexibility index (Phi) is 6.74. The van der Waals surface area contributed by atoms with Gasteiger partial charge in [0.2, 0.25) is 15.9 Å². The normalized spacial score (nSPS) is 19.1. The molecule has 3 aromatic rings. The van der Waals surface area contributed by atoms with Gasteiger partial charge in [-0.15, -0.1) is 0 Å². The molecule has 1 aromatic heterocycles. The summed E-state index contributed by atoms with van der Waals surface area (Å²) < 4.78 is 34.5. The summed E-state index contributed by atoms with van der Waals surface area (Å²) in [5.74, 6) is 0.0907. The minimum Gasteiger partial charge on any atom is -0.451 e. The molecule has 1 saturated heterocycles. The van der Waals surface area contributed by atoms with Crippen molar-refractivity contribution in [2.75, 3.05) is 11.9 Å². The van der Waals surface area contributed by atoms with Gasteiger partial charge in [-0.2, -0.15) is 4.31 Å². The monoisotopic (exact) mass is 519 g/mol. The quantitative estimate of drug-likeness (QED) is 0.444. The van der Waals surface area contributed by atoms with Crippen molar-refractivity contribution >= 4 is 27.5 Å². The van der Waals surface area contributed by atoms with Gasteiger partial charge in [-0.3, -0.25) is 9.59 Å². The number of hydrogen-bond donors (Lipinski definition) is 2. The number of carbonyl (C=O) groups excluding carboxylic acids is 2. The van der Waals surface area contributed by atoms with Crippen LogP contribution in [0.4, 0.5) is 5.69 Å². The molecular weight excluding hydrogens is 490 g/mol. The van der Waals surface area contributed by atoms with Gasteiger partial charge < -0.3 is 15.1 Å². The van der Waals surface area contributed by atoms with Crippen LogP contribution >= 0.6 is 0 Å². The molecule has 1 aliphatic carbocycles. The Bertz CT molecular complexity index is 1410. The minimum absolute atomic E-state index is 0.0705. The van der Waals surface area contributed by atoms with Crippen LogP contribution in [0, 0.1) is 0 Å². The zero-order valence-corrected chi connectivity index (χ0v) is 21.2. The van der Waals surface area contributed by atoms with E-state index in [0.29, 0.717) is 30.8 Å². The molecule has 192 valence electrons. The first-order valence-corrected chi connectivity index (χ1v) is 13.8. The molecule has 5 rings (SSSR count). The third-order valence-corrected chi connectivity index (χ3v) is 9.26. The van der Waals surface area contributed by atoms with Crippen molar-refractivity contribution in [2.45, 2.75) is 48.6 Å². The van der Waals surface area contributed by atoms with E-state index in [1.54, 1.807) is 28.6 Å². The molecule has 37 heavy (non-hydrogen) atoms. The third kappa shape index (κ3) is 4.97. The van der Waals surface area contributed by atoms with Gasteiger partial charge in [0.25, 0.3) is 5.91 Å². The number of piperidine rings is 1. The first kappa shape index (κ1) is 25.0. The summed E-state index contributed by atoms with van der Waals surface area (Å²) in [5, 5.41) is 5.69. The average molecular weight is 520 g/mol. The van der Waals surface area contributed by atoms with E-state index < -0.39 is 21.5 Å². The van der Waals surface area contributed by atoms with Crippen LogP contribution in [0.1, 0.15) is 42.7 Å². The van der Waals surface area contributed by atoms with Gasteiger partial charge in [-0.1, -0.05) is 36.9 Å². The van der Waals surface area contributed by atoms with Crippen LogP contribution in [0.2, 0.25) is 0 Å². The van der Waals surface area contributed by atoms with Crippen molar-refractivity contribution in [2.24, 2.45) is 0 Å². The summed E-state index contributed by atoms with van der Waals surface area (Å²) in [7, 11) is -3.74. The maximum atomic E-state index is 13.6. The predicted octanol–water partition coefficient (Wildman–Crippen LogP) is 4.58. The van der Waals surface area contributed by atoms with Crippen molar-refractivity contribution in [3.05, 3.63) is 85.1 Å². The van der Waals surface area contributed by atoms with Gasteiger partial charge in [0.05, 0.1) is 4.90 Å². The SMILES string of the molecule is C=CC(=O)NC1CCN(S(=O)(=O)c2ccc(NC(=O)c3ccc(-c4ccccc4)o3)cc2)C2(CCC2)C1. The predicted molar refractivity (Wildman–Crippen MR) is 140 cm³/mol. The van der Waals surface area contributed by atoms with Crippen molar-refractivity contribution in [3.63, 3.8) is 0 Å². The van der Waals surface area contributed by atoms with Crippen molar-refractivity contribution in [1.82, 2.24) is 9.62 Å². The number of furan rings is 1. The topological polar surface area (TPSA) is 109 Å². The van der Waals surface area contributed by atoms with Crippen LogP contribution in [0.5, 0.6) is 0 Å². The Morgan fingerprint density at radius 3 is 2.41 bits per heavy atom. The molecule has 2 heterocycles. The van der Waals surface area contributed by atoms with E-state index in [4.69, 9.17) is 4.42 Å². The van der Waals surface area contributed by atoms with Gasteiger partial charge in [-0.25, -0.2) is 8.42 Å². The van der Waals surface area contributed by atoms with Gasteiger partial charge in [0.1, 0.15) is 5.76 Å². The molecule has 1 saturated carbocycles. The van der Waals surface area contributed by atoms with Crippen LogP contribution in [-0.2, 0) is 14.8 Å². The van der Waals surface area contributed by atoms with E-state index in [1.165, 1.54) is 18.2 Å². The van der Waals surface area contributed by atoms with Gasteiger partial charge in [0, 0.05) is 29.4 Å². The second-order valence-electron chi connectivity index (χ2n) is 9.57. The van der Waals surface area contributed by atoms with Crippen molar-refractivity contribution in [1.29, 1.82) is 0 Å². The number of amides is 2. The molecule has 2 fully saturated rings. The number of benzene rings is 2. The summed E-state index contributed by atoms with van der Waals surface area (Å²) in [6, 6.07) is 18.9. The summed E-state index contributed by atoms with van der Waals surface area (Å²) in [5.41, 5.74) is 0.858. The average Bonchev–Trinajstić information content (AvgIpc) is 3.39. The molecule has 9 heteroatoms. The Hall–Kier alpha value is -3.69. The molecule has 1 aliphatic heterocycles. The van der Waals surface area contributed by atoms with Crippen LogP contribution < -0.4 is 10.6 Å². The number of sulfonamides is 1. The van der Waals surface area contributed by atoms with E-state index in [9.17, 15) is 18.0 Å².